The fourth-order valence-electron chi connectivity index (χ4n) is 3.46. The summed E-state index contributed by atoms with van der Waals surface area (Å²) in [5.74, 6) is 0.630. The van der Waals surface area contributed by atoms with Crippen LogP contribution in [-0.2, 0) is 14.3 Å². The van der Waals surface area contributed by atoms with Gasteiger partial charge in [0.15, 0.2) is 0 Å². The van der Waals surface area contributed by atoms with Gasteiger partial charge in [-0.15, -0.1) is 0 Å². The lowest BCUT2D eigenvalue weighted by atomic mass is 9.78. The first-order valence-electron chi connectivity index (χ1n) is 7.95. The van der Waals surface area contributed by atoms with Crippen molar-refractivity contribution in [2.24, 2.45) is 11.8 Å². The van der Waals surface area contributed by atoms with Crippen LogP contribution in [0.3, 0.4) is 0 Å². The summed E-state index contributed by atoms with van der Waals surface area (Å²) in [6, 6.07) is 0.281. The van der Waals surface area contributed by atoms with Gasteiger partial charge in [0.1, 0.15) is 5.60 Å². The van der Waals surface area contributed by atoms with E-state index in [1.54, 1.807) is 0 Å². The Morgan fingerprint density at radius 3 is 2.57 bits per heavy atom. The Bertz CT molecular complexity index is 402. The smallest absolute Gasteiger partial charge is 0.410 e. The van der Waals surface area contributed by atoms with E-state index in [2.05, 4.69) is 0 Å². The number of carbonyl (C=O) groups is 2. The highest BCUT2D eigenvalue weighted by Gasteiger charge is 2.44. The second kappa shape index (κ2) is 6.24. The Hall–Kier alpha value is -1.26. The van der Waals surface area contributed by atoms with E-state index in [-0.39, 0.29) is 18.1 Å². The molecule has 5 heteroatoms. The zero-order valence-corrected chi connectivity index (χ0v) is 13.6. The molecule has 0 N–H and O–H groups in total. The molecule has 2 rings (SSSR count). The summed E-state index contributed by atoms with van der Waals surface area (Å²) in [7, 11) is 0. The number of amides is 1. The van der Waals surface area contributed by atoms with Crippen molar-refractivity contribution < 1.29 is 19.1 Å². The predicted octanol–water partition coefficient (Wildman–Crippen LogP) is 2.98. The first-order valence-corrected chi connectivity index (χ1v) is 7.95. The fraction of sp³-hybridized carbons (Fsp3) is 0.875. The number of rotatable bonds is 3. The van der Waals surface area contributed by atoms with Crippen molar-refractivity contribution in [1.82, 2.24) is 4.90 Å². The number of carbonyl (C=O) groups excluding carboxylic acids is 2. The molecule has 0 aromatic carbocycles. The normalized spacial score (nSPS) is 28.4. The molecule has 2 fully saturated rings. The van der Waals surface area contributed by atoms with Crippen LogP contribution >= 0.6 is 0 Å². The summed E-state index contributed by atoms with van der Waals surface area (Å²) < 4.78 is 10.5. The van der Waals surface area contributed by atoms with Crippen LogP contribution in [0.4, 0.5) is 4.79 Å². The number of fused-ring (bicyclic) bond motifs is 2. The highest BCUT2D eigenvalue weighted by Crippen LogP contribution is 2.41. The number of nitrogens with zero attached hydrogens (tertiary/aromatic N) is 1. The largest absolute Gasteiger partial charge is 0.466 e. The summed E-state index contributed by atoms with van der Waals surface area (Å²) in [6.07, 6.45) is 3.20. The van der Waals surface area contributed by atoms with Crippen molar-refractivity contribution in [3.8, 4) is 0 Å². The maximum Gasteiger partial charge on any atom is 0.410 e. The van der Waals surface area contributed by atoms with Crippen molar-refractivity contribution in [1.29, 1.82) is 0 Å². The third kappa shape index (κ3) is 4.11. The molecule has 5 nitrogen and oxygen atoms in total. The predicted molar refractivity (Wildman–Crippen MR) is 78.8 cm³/mol. The van der Waals surface area contributed by atoms with Crippen LogP contribution in [-0.4, -0.2) is 41.8 Å². The molecular weight excluding hydrogens is 270 g/mol. The van der Waals surface area contributed by atoms with Crippen LogP contribution in [0.15, 0.2) is 0 Å². The van der Waals surface area contributed by atoms with Crippen molar-refractivity contribution in [2.75, 3.05) is 13.2 Å². The van der Waals surface area contributed by atoms with Crippen LogP contribution in [0.25, 0.3) is 0 Å². The Balaban J connectivity index is 1.92. The molecule has 120 valence electrons. The van der Waals surface area contributed by atoms with Crippen LogP contribution < -0.4 is 0 Å². The first kappa shape index (κ1) is 16.1. The number of hydrogen-bond acceptors (Lipinski definition) is 4. The van der Waals surface area contributed by atoms with Gasteiger partial charge in [0, 0.05) is 19.0 Å². The summed E-state index contributed by atoms with van der Waals surface area (Å²) in [5.41, 5.74) is -0.460. The maximum atomic E-state index is 12.2. The standard InChI is InChI=1S/C16H27NO4/c1-5-20-14(18)9-11-6-7-13-8-12(11)10-17(13)15(19)21-16(2,3)4/h11-13H,5-10H2,1-4H3. The lowest BCUT2D eigenvalue weighted by molar-refractivity contribution is -0.144. The van der Waals surface area contributed by atoms with E-state index in [0.29, 0.717) is 31.4 Å². The number of likely N-dealkylation sites (tertiary alicyclic amines) is 1. The minimum Gasteiger partial charge on any atom is -0.466 e. The SMILES string of the molecule is CCOC(=O)CC1CCC2CC1CN2C(=O)OC(C)(C)C. The van der Waals surface area contributed by atoms with Gasteiger partial charge in [-0.3, -0.25) is 4.79 Å². The molecule has 1 aliphatic heterocycles. The molecule has 2 aliphatic rings. The molecule has 0 aromatic heterocycles. The van der Waals surface area contributed by atoms with E-state index in [9.17, 15) is 9.59 Å². The minimum atomic E-state index is -0.460. The lowest BCUT2D eigenvalue weighted by Crippen LogP contribution is -2.39. The van der Waals surface area contributed by atoms with Gasteiger partial charge >= 0.3 is 12.1 Å². The average molecular weight is 297 g/mol. The zero-order valence-electron chi connectivity index (χ0n) is 13.6. The van der Waals surface area contributed by atoms with E-state index in [1.807, 2.05) is 32.6 Å². The van der Waals surface area contributed by atoms with Crippen LogP contribution in [0.5, 0.6) is 0 Å². The van der Waals surface area contributed by atoms with Crippen LogP contribution in [0.1, 0.15) is 53.4 Å². The topological polar surface area (TPSA) is 55.8 Å². The van der Waals surface area contributed by atoms with Gasteiger partial charge in [0.05, 0.1) is 6.61 Å². The van der Waals surface area contributed by atoms with Crippen molar-refractivity contribution in [3.63, 3.8) is 0 Å². The molecule has 1 saturated carbocycles. The Kier molecular flexibility index (Phi) is 4.79. The molecule has 1 aliphatic carbocycles. The number of esters is 1. The van der Waals surface area contributed by atoms with E-state index in [0.717, 1.165) is 19.3 Å². The Morgan fingerprint density at radius 1 is 1.24 bits per heavy atom. The molecule has 3 atom stereocenters. The third-order valence-electron chi connectivity index (χ3n) is 4.35. The van der Waals surface area contributed by atoms with E-state index in [4.69, 9.17) is 9.47 Å². The molecular formula is C16H27NO4. The van der Waals surface area contributed by atoms with E-state index in [1.165, 1.54) is 0 Å². The summed E-state index contributed by atoms with van der Waals surface area (Å²) >= 11 is 0. The highest BCUT2D eigenvalue weighted by molar-refractivity contribution is 5.70. The molecule has 21 heavy (non-hydrogen) atoms. The average Bonchev–Trinajstić information content (AvgIpc) is 2.70. The number of hydrogen-bond donors (Lipinski definition) is 0. The molecule has 2 bridgehead atoms. The number of ether oxygens (including phenoxy) is 2. The molecule has 1 saturated heterocycles. The minimum absolute atomic E-state index is 0.114. The fourth-order valence-corrected chi connectivity index (χ4v) is 3.46. The van der Waals surface area contributed by atoms with Gasteiger partial charge < -0.3 is 14.4 Å². The molecule has 0 radical (unpaired) electrons. The Labute approximate surface area is 127 Å². The molecule has 1 amide bonds. The second-order valence-corrected chi connectivity index (χ2v) is 7.13. The maximum absolute atomic E-state index is 12.2. The quantitative estimate of drug-likeness (QED) is 0.751. The van der Waals surface area contributed by atoms with Gasteiger partial charge in [-0.25, -0.2) is 4.79 Å². The zero-order chi connectivity index (χ0) is 15.6. The molecule has 3 unspecified atom stereocenters. The first-order chi connectivity index (χ1) is 9.80. The second-order valence-electron chi connectivity index (χ2n) is 7.13. The summed E-state index contributed by atoms with van der Waals surface area (Å²) in [5, 5.41) is 0. The monoisotopic (exact) mass is 297 g/mol. The molecule has 0 spiro atoms. The van der Waals surface area contributed by atoms with Gasteiger partial charge in [-0.1, -0.05) is 0 Å². The third-order valence-corrected chi connectivity index (χ3v) is 4.35. The van der Waals surface area contributed by atoms with Crippen molar-refractivity contribution in [3.05, 3.63) is 0 Å². The van der Waals surface area contributed by atoms with Gasteiger partial charge in [0.25, 0.3) is 0 Å². The summed E-state index contributed by atoms with van der Waals surface area (Å²) in [6.45, 7) is 8.63. The van der Waals surface area contributed by atoms with E-state index >= 15 is 0 Å². The van der Waals surface area contributed by atoms with Crippen molar-refractivity contribution in [2.45, 2.75) is 65.0 Å². The molecule has 0 aromatic rings. The summed E-state index contributed by atoms with van der Waals surface area (Å²) in [4.78, 5) is 25.8. The van der Waals surface area contributed by atoms with Crippen LogP contribution in [0.2, 0.25) is 0 Å². The van der Waals surface area contributed by atoms with Crippen LogP contribution in [0, 0.1) is 11.8 Å². The molecule has 1 heterocycles. The Morgan fingerprint density at radius 2 is 1.95 bits per heavy atom. The van der Waals surface area contributed by atoms with Gasteiger partial charge in [0.2, 0.25) is 0 Å². The van der Waals surface area contributed by atoms with Gasteiger partial charge in [-0.05, 0) is 58.8 Å². The van der Waals surface area contributed by atoms with Gasteiger partial charge in [-0.2, -0.15) is 0 Å². The highest BCUT2D eigenvalue weighted by atomic mass is 16.6. The van der Waals surface area contributed by atoms with Crippen molar-refractivity contribution >= 4 is 12.1 Å². The lowest BCUT2D eigenvalue weighted by Gasteiger charge is -2.29. The van der Waals surface area contributed by atoms with E-state index < -0.39 is 5.60 Å².